The standard InChI is InChI=1S/C19H38N6O.HI/c1-5-20-19(22-15-18(26)25-8-6-7-9-25)21-14-17(16(2)3)24-12-10-23(4)11-13-24;/h16-17H,5-15H2,1-4H3,(H2,20,21,22);1H. The van der Waals surface area contributed by atoms with E-state index in [9.17, 15) is 4.79 Å². The fourth-order valence-corrected chi connectivity index (χ4v) is 3.70. The molecule has 1 amide bonds. The van der Waals surface area contributed by atoms with Gasteiger partial charge in [0.2, 0.25) is 5.91 Å². The molecular weight excluding hydrogens is 455 g/mol. The van der Waals surface area contributed by atoms with Crippen LogP contribution in [0.1, 0.15) is 33.6 Å². The lowest BCUT2D eigenvalue weighted by molar-refractivity contribution is -0.128. The van der Waals surface area contributed by atoms with Gasteiger partial charge in [0.05, 0.1) is 0 Å². The van der Waals surface area contributed by atoms with E-state index in [2.05, 4.69) is 53.2 Å². The van der Waals surface area contributed by atoms with Crippen molar-refractivity contribution in [2.24, 2.45) is 10.9 Å². The maximum absolute atomic E-state index is 12.2. The number of nitrogens with one attached hydrogen (secondary N) is 2. The zero-order valence-electron chi connectivity index (χ0n) is 17.5. The van der Waals surface area contributed by atoms with Crippen molar-refractivity contribution >= 4 is 35.8 Å². The van der Waals surface area contributed by atoms with Crippen LogP contribution in [0.15, 0.2) is 4.99 Å². The van der Waals surface area contributed by atoms with Gasteiger partial charge in [-0.05, 0) is 32.7 Å². The molecule has 2 fully saturated rings. The number of likely N-dealkylation sites (tertiary alicyclic amines) is 1. The Hall–Kier alpha value is -0.610. The van der Waals surface area contributed by atoms with E-state index in [1.165, 1.54) is 0 Å². The molecule has 2 rings (SSSR count). The second-order valence-corrected chi connectivity index (χ2v) is 7.81. The van der Waals surface area contributed by atoms with Gasteiger partial charge in [0.25, 0.3) is 0 Å². The fourth-order valence-electron chi connectivity index (χ4n) is 3.70. The van der Waals surface area contributed by atoms with Crippen molar-refractivity contribution in [1.82, 2.24) is 25.3 Å². The predicted octanol–water partition coefficient (Wildman–Crippen LogP) is 1.05. The molecule has 0 radical (unpaired) electrons. The first-order chi connectivity index (χ1) is 12.5. The summed E-state index contributed by atoms with van der Waals surface area (Å²) in [6.45, 7) is 14.8. The van der Waals surface area contributed by atoms with E-state index < -0.39 is 0 Å². The molecule has 0 saturated carbocycles. The number of piperazine rings is 1. The summed E-state index contributed by atoms with van der Waals surface area (Å²) in [7, 11) is 2.19. The molecule has 1 unspecified atom stereocenters. The molecule has 0 spiro atoms. The van der Waals surface area contributed by atoms with Gasteiger partial charge in [-0.3, -0.25) is 9.69 Å². The third-order valence-electron chi connectivity index (χ3n) is 5.43. The van der Waals surface area contributed by atoms with Crippen molar-refractivity contribution in [3.8, 4) is 0 Å². The number of likely N-dealkylation sites (N-methyl/N-ethyl adjacent to an activating group) is 1. The lowest BCUT2D eigenvalue weighted by Crippen LogP contribution is -2.55. The Morgan fingerprint density at radius 2 is 1.67 bits per heavy atom. The molecule has 7 nitrogen and oxygen atoms in total. The highest BCUT2D eigenvalue weighted by Crippen LogP contribution is 2.13. The molecular formula is C19H39IN6O. The smallest absolute Gasteiger partial charge is 0.244 e. The molecule has 27 heavy (non-hydrogen) atoms. The molecule has 158 valence electrons. The highest BCUT2D eigenvalue weighted by atomic mass is 127. The normalized spacial score (nSPS) is 20.5. The largest absolute Gasteiger partial charge is 0.357 e. The van der Waals surface area contributed by atoms with Crippen LogP contribution in [0.5, 0.6) is 0 Å². The average molecular weight is 494 g/mol. The van der Waals surface area contributed by atoms with E-state index in [0.717, 1.165) is 71.2 Å². The van der Waals surface area contributed by atoms with Crippen LogP contribution in [0.2, 0.25) is 0 Å². The molecule has 0 aromatic heterocycles. The first kappa shape index (κ1) is 24.4. The van der Waals surface area contributed by atoms with Gasteiger partial charge < -0.3 is 20.4 Å². The molecule has 0 bridgehead atoms. The highest BCUT2D eigenvalue weighted by molar-refractivity contribution is 14.0. The fraction of sp³-hybridized carbons (Fsp3) is 0.895. The van der Waals surface area contributed by atoms with Crippen LogP contribution in [0, 0.1) is 5.92 Å². The topological polar surface area (TPSA) is 63.2 Å². The highest BCUT2D eigenvalue weighted by Gasteiger charge is 2.25. The number of nitrogens with zero attached hydrogens (tertiary/aromatic N) is 4. The summed E-state index contributed by atoms with van der Waals surface area (Å²) >= 11 is 0. The minimum absolute atomic E-state index is 0. The lowest BCUT2D eigenvalue weighted by Gasteiger charge is -2.40. The number of amides is 1. The van der Waals surface area contributed by atoms with E-state index in [0.29, 0.717) is 12.0 Å². The molecule has 1 atom stereocenters. The number of hydrogen-bond acceptors (Lipinski definition) is 4. The maximum Gasteiger partial charge on any atom is 0.244 e. The number of rotatable bonds is 7. The van der Waals surface area contributed by atoms with E-state index in [1.807, 2.05) is 4.90 Å². The van der Waals surface area contributed by atoms with Crippen LogP contribution >= 0.6 is 24.0 Å². The van der Waals surface area contributed by atoms with Gasteiger partial charge in [-0.15, -0.1) is 24.0 Å². The molecule has 0 aromatic carbocycles. The maximum atomic E-state index is 12.2. The van der Waals surface area contributed by atoms with Crippen molar-refractivity contribution in [2.45, 2.75) is 39.7 Å². The van der Waals surface area contributed by atoms with Crippen LogP contribution < -0.4 is 10.6 Å². The molecule has 2 saturated heterocycles. The molecule has 0 aliphatic carbocycles. The first-order valence-electron chi connectivity index (χ1n) is 10.2. The van der Waals surface area contributed by atoms with Gasteiger partial charge in [0.1, 0.15) is 6.54 Å². The minimum atomic E-state index is 0. The summed E-state index contributed by atoms with van der Waals surface area (Å²) in [5.74, 6) is 1.46. The Kier molecular flexibility index (Phi) is 11.6. The zero-order chi connectivity index (χ0) is 18.9. The van der Waals surface area contributed by atoms with Crippen LogP contribution in [0.3, 0.4) is 0 Å². The molecule has 2 aliphatic rings. The summed E-state index contributed by atoms with van der Waals surface area (Å²) in [6.07, 6.45) is 2.24. The van der Waals surface area contributed by atoms with Gasteiger partial charge >= 0.3 is 0 Å². The molecule has 2 N–H and O–H groups in total. The van der Waals surface area contributed by atoms with Crippen molar-refractivity contribution in [3.63, 3.8) is 0 Å². The Bertz CT molecular complexity index is 459. The Balaban J connectivity index is 0.00000364. The van der Waals surface area contributed by atoms with E-state index in [4.69, 9.17) is 0 Å². The Morgan fingerprint density at radius 3 is 2.22 bits per heavy atom. The summed E-state index contributed by atoms with van der Waals surface area (Å²) < 4.78 is 0. The van der Waals surface area contributed by atoms with Crippen LogP contribution in [0.25, 0.3) is 0 Å². The number of carbonyl (C=O) groups excluding carboxylic acids is 1. The van der Waals surface area contributed by atoms with Crippen molar-refractivity contribution < 1.29 is 4.79 Å². The molecule has 2 aliphatic heterocycles. The number of halogens is 1. The summed E-state index contributed by atoms with van der Waals surface area (Å²) in [5.41, 5.74) is 0. The first-order valence-corrected chi connectivity index (χ1v) is 10.2. The average Bonchev–Trinajstić information content (AvgIpc) is 3.15. The van der Waals surface area contributed by atoms with Gasteiger partial charge in [-0.2, -0.15) is 0 Å². The van der Waals surface area contributed by atoms with E-state index >= 15 is 0 Å². The summed E-state index contributed by atoms with van der Waals surface area (Å²) in [5, 5.41) is 6.74. The third-order valence-corrected chi connectivity index (χ3v) is 5.43. The second kappa shape index (κ2) is 12.8. The second-order valence-electron chi connectivity index (χ2n) is 7.81. The van der Waals surface area contributed by atoms with Gasteiger partial charge in [0.15, 0.2) is 5.96 Å². The van der Waals surface area contributed by atoms with Crippen LogP contribution in [-0.2, 0) is 4.79 Å². The number of hydrogen-bond donors (Lipinski definition) is 2. The SMILES string of the molecule is CCNC(=NCC(=O)N1CCCC1)NCC(C(C)C)N1CCN(C)CC1.I. The number of aliphatic imine (C=N–C) groups is 1. The van der Waals surface area contributed by atoms with Crippen LogP contribution in [-0.4, -0.2) is 98.6 Å². The van der Waals surface area contributed by atoms with Crippen molar-refractivity contribution in [1.29, 1.82) is 0 Å². The minimum Gasteiger partial charge on any atom is -0.357 e. The third kappa shape index (κ3) is 8.11. The predicted molar refractivity (Wildman–Crippen MR) is 123 cm³/mol. The van der Waals surface area contributed by atoms with Crippen molar-refractivity contribution in [2.75, 3.05) is 66.0 Å². The van der Waals surface area contributed by atoms with Gasteiger partial charge in [0, 0.05) is 58.4 Å². The monoisotopic (exact) mass is 494 g/mol. The molecule has 8 heteroatoms. The molecule has 0 aromatic rings. The van der Waals surface area contributed by atoms with Gasteiger partial charge in [-0.25, -0.2) is 4.99 Å². The lowest BCUT2D eigenvalue weighted by atomic mass is 10.0. The Morgan fingerprint density at radius 1 is 1.04 bits per heavy atom. The molecule has 2 heterocycles. The van der Waals surface area contributed by atoms with E-state index in [-0.39, 0.29) is 36.4 Å². The Labute approximate surface area is 182 Å². The van der Waals surface area contributed by atoms with Crippen molar-refractivity contribution in [3.05, 3.63) is 0 Å². The van der Waals surface area contributed by atoms with E-state index in [1.54, 1.807) is 0 Å². The van der Waals surface area contributed by atoms with Crippen LogP contribution in [0.4, 0.5) is 0 Å². The summed E-state index contributed by atoms with van der Waals surface area (Å²) in [4.78, 5) is 23.6. The summed E-state index contributed by atoms with van der Waals surface area (Å²) in [6, 6.07) is 0.474. The van der Waals surface area contributed by atoms with Gasteiger partial charge in [-0.1, -0.05) is 13.8 Å². The quantitative estimate of drug-likeness (QED) is 0.315. The number of carbonyl (C=O) groups is 1. The zero-order valence-corrected chi connectivity index (χ0v) is 19.9. The number of guanidine groups is 1.